The van der Waals surface area contributed by atoms with Gasteiger partial charge in [0.2, 0.25) is 0 Å². The zero-order valence-electron chi connectivity index (χ0n) is 18.9. The molecule has 34 heavy (non-hydrogen) atoms. The number of imidazole rings is 1. The molecule has 0 saturated carbocycles. The van der Waals surface area contributed by atoms with Gasteiger partial charge in [-0.05, 0) is 42.7 Å². The minimum Gasteiger partial charge on any atom is -0.338 e. The SMILES string of the molecule is Cn1ccnc1-c1cncc([C@@H]2CCCN(C(=O)c3ccnc(Cc4cccc(F)c4)c3)C2)n1. The van der Waals surface area contributed by atoms with E-state index >= 15 is 0 Å². The Balaban J connectivity index is 1.32. The molecule has 1 fully saturated rings. The highest BCUT2D eigenvalue weighted by atomic mass is 19.1. The molecule has 4 heterocycles. The molecule has 0 unspecified atom stereocenters. The van der Waals surface area contributed by atoms with E-state index in [1.54, 1.807) is 43.0 Å². The van der Waals surface area contributed by atoms with Gasteiger partial charge in [-0.1, -0.05) is 12.1 Å². The Morgan fingerprint density at radius 2 is 2.06 bits per heavy atom. The van der Waals surface area contributed by atoms with Crippen molar-refractivity contribution in [1.82, 2.24) is 29.4 Å². The highest BCUT2D eigenvalue weighted by molar-refractivity contribution is 5.94. The van der Waals surface area contributed by atoms with Crippen molar-refractivity contribution >= 4 is 5.91 Å². The van der Waals surface area contributed by atoms with Crippen LogP contribution < -0.4 is 0 Å². The summed E-state index contributed by atoms with van der Waals surface area (Å²) < 4.78 is 15.4. The van der Waals surface area contributed by atoms with E-state index in [9.17, 15) is 9.18 Å². The smallest absolute Gasteiger partial charge is 0.253 e. The molecule has 1 aliphatic heterocycles. The summed E-state index contributed by atoms with van der Waals surface area (Å²) in [4.78, 5) is 33.1. The number of piperidine rings is 1. The van der Waals surface area contributed by atoms with Crippen LogP contribution in [-0.2, 0) is 13.5 Å². The van der Waals surface area contributed by atoms with Gasteiger partial charge in [0.05, 0.1) is 11.9 Å². The predicted molar refractivity (Wildman–Crippen MR) is 126 cm³/mol. The largest absolute Gasteiger partial charge is 0.338 e. The van der Waals surface area contributed by atoms with Gasteiger partial charge in [0, 0.05) is 68.5 Å². The fourth-order valence-electron chi connectivity index (χ4n) is 4.45. The summed E-state index contributed by atoms with van der Waals surface area (Å²) in [6.45, 7) is 1.28. The van der Waals surface area contributed by atoms with E-state index in [0.717, 1.165) is 41.3 Å². The summed E-state index contributed by atoms with van der Waals surface area (Å²) in [5.41, 5.74) is 3.75. The van der Waals surface area contributed by atoms with E-state index in [1.165, 1.54) is 12.1 Å². The maximum atomic E-state index is 13.5. The van der Waals surface area contributed by atoms with Crippen LogP contribution >= 0.6 is 0 Å². The van der Waals surface area contributed by atoms with Crippen LogP contribution in [0.1, 0.15) is 46.1 Å². The third kappa shape index (κ3) is 4.71. The predicted octanol–water partition coefficient (Wildman–Crippen LogP) is 4.02. The second kappa shape index (κ2) is 9.51. The van der Waals surface area contributed by atoms with Crippen molar-refractivity contribution in [3.8, 4) is 11.5 Å². The first-order valence-electron chi connectivity index (χ1n) is 11.3. The maximum Gasteiger partial charge on any atom is 0.253 e. The van der Waals surface area contributed by atoms with E-state index in [2.05, 4.69) is 15.0 Å². The Labute approximate surface area is 197 Å². The highest BCUT2D eigenvalue weighted by Gasteiger charge is 2.27. The Morgan fingerprint density at radius 1 is 1.15 bits per heavy atom. The Kier molecular flexibility index (Phi) is 6.12. The van der Waals surface area contributed by atoms with E-state index in [-0.39, 0.29) is 17.6 Å². The van der Waals surface area contributed by atoms with Gasteiger partial charge >= 0.3 is 0 Å². The number of pyridine rings is 1. The van der Waals surface area contributed by atoms with Crippen LogP contribution in [0.5, 0.6) is 0 Å². The third-order valence-corrected chi connectivity index (χ3v) is 6.17. The lowest BCUT2D eigenvalue weighted by molar-refractivity contribution is 0.0705. The molecule has 1 atom stereocenters. The molecule has 0 aliphatic carbocycles. The Morgan fingerprint density at radius 3 is 2.88 bits per heavy atom. The molecule has 4 aromatic rings. The van der Waals surface area contributed by atoms with Crippen LogP contribution in [0.4, 0.5) is 4.39 Å². The van der Waals surface area contributed by atoms with E-state index in [0.29, 0.717) is 25.1 Å². The highest BCUT2D eigenvalue weighted by Crippen LogP contribution is 2.27. The Bertz CT molecular complexity index is 1320. The fraction of sp³-hybridized carbons (Fsp3) is 0.269. The number of halogens is 1. The summed E-state index contributed by atoms with van der Waals surface area (Å²) in [5, 5.41) is 0. The number of rotatable bonds is 5. The molecule has 1 saturated heterocycles. The molecule has 7 nitrogen and oxygen atoms in total. The molecule has 5 rings (SSSR count). The summed E-state index contributed by atoms with van der Waals surface area (Å²) in [5.74, 6) is 0.569. The average Bonchev–Trinajstić information content (AvgIpc) is 3.30. The number of nitrogens with zero attached hydrogens (tertiary/aromatic N) is 6. The number of aromatic nitrogens is 5. The van der Waals surface area contributed by atoms with Gasteiger partial charge in [-0.25, -0.2) is 14.4 Å². The lowest BCUT2D eigenvalue weighted by Gasteiger charge is -2.32. The lowest BCUT2D eigenvalue weighted by Crippen LogP contribution is -2.39. The van der Waals surface area contributed by atoms with Gasteiger partial charge in [0.15, 0.2) is 5.82 Å². The van der Waals surface area contributed by atoms with E-state index < -0.39 is 0 Å². The maximum absolute atomic E-state index is 13.5. The van der Waals surface area contributed by atoms with Crippen molar-refractivity contribution in [2.75, 3.05) is 13.1 Å². The van der Waals surface area contributed by atoms with Gasteiger partial charge in [-0.15, -0.1) is 0 Å². The van der Waals surface area contributed by atoms with Crippen molar-refractivity contribution in [1.29, 1.82) is 0 Å². The molecule has 0 radical (unpaired) electrons. The van der Waals surface area contributed by atoms with Crippen LogP contribution in [-0.4, -0.2) is 48.4 Å². The van der Waals surface area contributed by atoms with Gasteiger partial charge < -0.3 is 9.47 Å². The quantitative estimate of drug-likeness (QED) is 0.453. The number of carbonyl (C=O) groups is 1. The molecule has 0 N–H and O–H groups in total. The van der Waals surface area contributed by atoms with Crippen LogP contribution in [0, 0.1) is 5.82 Å². The molecule has 172 valence electrons. The summed E-state index contributed by atoms with van der Waals surface area (Å²) in [7, 11) is 1.93. The second-order valence-corrected chi connectivity index (χ2v) is 8.62. The van der Waals surface area contributed by atoms with E-state index in [1.807, 2.05) is 28.8 Å². The van der Waals surface area contributed by atoms with Gasteiger partial charge in [0.25, 0.3) is 5.91 Å². The number of carbonyl (C=O) groups excluding carboxylic acids is 1. The molecule has 1 aromatic carbocycles. The van der Waals surface area contributed by atoms with Gasteiger partial charge in [-0.2, -0.15) is 0 Å². The molecule has 0 spiro atoms. The van der Waals surface area contributed by atoms with Crippen LogP contribution in [0.2, 0.25) is 0 Å². The molecular formula is C26H25FN6O. The standard InChI is InChI=1S/C26H25FN6O/c1-32-11-9-30-25(32)24-16-28-15-23(31-24)20-5-3-10-33(17-20)26(34)19-7-8-29-22(14-19)13-18-4-2-6-21(27)12-18/h2,4,6-9,11-12,14-16,20H,3,5,10,13,17H2,1H3/t20-/m1/s1. The molecule has 8 heteroatoms. The first kappa shape index (κ1) is 21.9. The summed E-state index contributed by atoms with van der Waals surface area (Å²) in [6.07, 6.45) is 11.1. The number of hydrogen-bond donors (Lipinski definition) is 0. The van der Waals surface area contributed by atoms with Crippen molar-refractivity contribution in [2.24, 2.45) is 7.05 Å². The number of likely N-dealkylation sites (tertiary alicyclic amines) is 1. The van der Waals surface area contributed by atoms with Gasteiger partial charge in [0.1, 0.15) is 11.5 Å². The van der Waals surface area contributed by atoms with Crippen molar-refractivity contribution in [2.45, 2.75) is 25.2 Å². The van der Waals surface area contributed by atoms with Crippen LogP contribution in [0.25, 0.3) is 11.5 Å². The number of benzene rings is 1. The summed E-state index contributed by atoms with van der Waals surface area (Å²) in [6, 6.07) is 9.99. The monoisotopic (exact) mass is 456 g/mol. The fourth-order valence-corrected chi connectivity index (χ4v) is 4.45. The zero-order chi connectivity index (χ0) is 23.5. The van der Waals surface area contributed by atoms with Gasteiger partial charge in [-0.3, -0.25) is 14.8 Å². The number of aryl methyl sites for hydroxylation is 1. The van der Waals surface area contributed by atoms with Crippen molar-refractivity contribution in [3.05, 3.63) is 95.7 Å². The molecule has 1 aliphatic rings. The topological polar surface area (TPSA) is 76.8 Å². The second-order valence-electron chi connectivity index (χ2n) is 8.62. The summed E-state index contributed by atoms with van der Waals surface area (Å²) >= 11 is 0. The average molecular weight is 457 g/mol. The van der Waals surface area contributed by atoms with Crippen molar-refractivity contribution < 1.29 is 9.18 Å². The third-order valence-electron chi connectivity index (χ3n) is 6.17. The first-order valence-corrected chi connectivity index (χ1v) is 11.3. The Hall–Kier alpha value is -3.94. The molecular weight excluding hydrogens is 431 g/mol. The van der Waals surface area contributed by atoms with Crippen LogP contribution in [0.15, 0.2) is 67.4 Å². The van der Waals surface area contributed by atoms with E-state index in [4.69, 9.17) is 4.98 Å². The minimum atomic E-state index is -0.279. The van der Waals surface area contributed by atoms with Crippen LogP contribution in [0.3, 0.4) is 0 Å². The molecule has 3 aromatic heterocycles. The minimum absolute atomic E-state index is 0.0270. The first-order chi connectivity index (χ1) is 16.6. The molecule has 0 bridgehead atoms. The number of hydrogen-bond acceptors (Lipinski definition) is 5. The molecule has 1 amide bonds. The zero-order valence-corrected chi connectivity index (χ0v) is 18.9. The number of amides is 1. The normalized spacial score (nSPS) is 15.9. The van der Waals surface area contributed by atoms with Crippen molar-refractivity contribution in [3.63, 3.8) is 0 Å². The lowest BCUT2D eigenvalue weighted by atomic mass is 9.94.